The van der Waals surface area contributed by atoms with Crippen LogP contribution in [-0.4, -0.2) is 6.61 Å². The van der Waals surface area contributed by atoms with E-state index in [0.717, 1.165) is 12.4 Å². The van der Waals surface area contributed by atoms with E-state index in [1.54, 1.807) is 0 Å². The number of hydrogen-bond acceptors (Lipinski definition) is 1. The van der Waals surface area contributed by atoms with Crippen LogP contribution < -0.4 is 0 Å². The van der Waals surface area contributed by atoms with Crippen molar-refractivity contribution in [1.82, 2.24) is 0 Å². The molecule has 1 unspecified atom stereocenters. The number of allylic oxidation sites excluding steroid dienone is 1. The summed E-state index contributed by atoms with van der Waals surface area (Å²) >= 11 is 0. The molecule has 0 amide bonds. The van der Waals surface area contributed by atoms with E-state index in [0.29, 0.717) is 5.92 Å². The van der Waals surface area contributed by atoms with Crippen LogP contribution in [0.3, 0.4) is 0 Å². The van der Waals surface area contributed by atoms with Crippen LogP contribution in [0.25, 0.3) is 0 Å². The van der Waals surface area contributed by atoms with Crippen molar-refractivity contribution in [1.29, 1.82) is 0 Å². The second-order valence-corrected chi connectivity index (χ2v) is 4.05. The topological polar surface area (TPSA) is 9.23 Å². The third kappa shape index (κ3) is 4.35. The quantitative estimate of drug-likeness (QED) is 0.566. The number of rotatable bonds is 6. The number of ether oxygens (including phenoxy) is 1. The third-order valence-electron chi connectivity index (χ3n) is 2.67. The van der Waals surface area contributed by atoms with E-state index in [4.69, 9.17) is 4.74 Å². The van der Waals surface area contributed by atoms with Crippen LogP contribution in [0.2, 0.25) is 0 Å². The van der Waals surface area contributed by atoms with Crippen LogP contribution in [0.4, 0.5) is 0 Å². The molecule has 1 heteroatoms. The van der Waals surface area contributed by atoms with Crippen molar-refractivity contribution in [3.63, 3.8) is 0 Å². The van der Waals surface area contributed by atoms with Gasteiger partial charge in [0.15, 0.2) is 0 Å². The molecule has 76 valence electrons. The molecule has 1 rings (SSSR count). The van der Waals surface area contributed by atoms with Crippen molar-refractivity contribution in [2.45, 2.75) is 52.4 Å². The van der Waals surface area contributed by atoms with Crippen molar-refractivity contribution in [2.75, 3.05) is 6.61 Å². The Morgan fingerprint density at radius 1 is 1.31 bits per heavy atom. The van der Waals surface area contributed by atoms with Gasteiger partial charge in [0.05, 0.1) is 12.4 Å². The van der Waals surface area contributed by atoms with E-state index in [9.17, 15) is 0 Å². The van der Waals surface area contributed by atoms with Gasteiger partial charge in [0, 0.05) is 5.92 Å². The molecule has 0 N–H and O–H groups in total. The lowest BCUT2D eigenvalue weighted by Crippen LogP contribution is -1.98. The molecule has 0 bridgehead atoms. The molecule has 13 heavy (non-hydrogen) atoms. The number of hydrogen-bond donors (Lipinski definition) is 0. The first-order valence-electron chi connectivity index (χ1n) is 5.64. The molecular weight excluding hydrogens is 160 g/mol. The normalized spacial score (nSPS) is 21.4. The summed E-state index contributed by atoms with van der Waals surface area (Å²) in [7, 11) is 0. The second kappa shape index (κ2) is 6.06. The minimum atomic E-state index is 0.710. The Hall–Kier alpha value is -0.460. The predicted octanol–water partition coefficient (Wildman–Crippen LogP) is 3.90. The maximum Gasteiger partial charge on any atom is 0.0940 e. The minimum absolute atomic E-state index is 0.710. The van der Waals surface area contributed by atoms with Gasteiger partial charge in [-0.2, -0.15) is 0 Å². The lowest BCUT2D eigenvalue weighted by Gasteiger charge is -2.05. The minimum Gasteiger partial charge on any atom is -0.498 e. The van der Waals surface area contributed by atoms with E-state index in [-0.39, 0.29) is 0 Å². The summed E-state index contributed by atoms with van der Waals surface area (Å²) in [6.07, 6.45) is 10.5. The highest BCUT2D eigenvalue weighted by Gasteiger charge is 2.12. The van der Waals surface area contributed by atoms with Crippen molar-refractivity contribution in [2.24, 2.45) is 5.92 Å². The van der Waals surface area contributed by atoms with Gasteiger partial charge in [-0.3, -0.25) is 0 Å². The Morgan fingerprint density at radius 3 is 2.69 bits per heavy atom. The highest BCUT2D eigenvalue weighted by molar-refractivity contribution is 4.99. The average molecular weight is 182 g/mol. The van der Waals surface area contributed by atoms with Crippen molar-refractivity contribution < 1.29 is 4.74 Å². The van der Waals surface area contributed by atoms with E-state index < -0.39 is 0 Å². The Balaban J connectivity index is 1.94. The molecule has 0 saturated carbocycles. The molecule has 0 aromatic heterocycles. The van der Waals surface area contributed by atoms with Crippen molar-refractivity contribution in [3.05, 3.63) is 11.8 Å². The van der Waals surface area contributed by atoms with Crippen molar-refractivity contribution in [3.8, 4) is 0 Å². The molecule has 0 spiro atoms. The molecular formula is C12H22O. The third-order valence-corrected chi connectivity index (χ3v) is 2.67. The molecule has 0 fully saturated rings. The van der Waals surface area contributed by atoms with Crippen LogP contribution in [-0.2, 0) is 4.74 Å². The Morgan fingerprint density at radius 2 is 2.08 bits per heavy atom. The molecule has 1 aliphatic heterocycles. The summed E-state index contributed by atoms with van der Waals surface area (Å²) in [5.74, 6) is 1.83. The fourth-order valence-corrected chi connectivity index (χ4v) is 1.84. The zero-order valence-electron chi connectivity index (χ0n) is 9.01. The highest BCUT2D eigenvalue weighted by atomic mass is 16.5. The first-order valence-corrected chi connectivity index (χ1v) is 5.64. The zero-order chi connectivity index (χ0) is 9.52. The first kappa shape index (κ1) is 10.6. The highest BCUT2D eigenvalue weighted by Crippen LogP contribution is 2.21. The summed E-state index contributed by atoms with van der Waals surface area (Å²) in [6, 6.07) is 0. The van der Waals surface area contributed by atoms with E-state index in [1.165, 1.54) is 38.5 Å². The smallest absolute Gasteiger partial charge is 0.0940 e. The predicted molar refractivity (Wildman–Crippen MR) is 56.6 cm³/mol. The summed E-state index contributed by atoms with van der Waals surface area (Å²) < 4.78 is 5.40. The number of unbranched alkanes of at least 4 members (excludes halogenated alkanes) is 4. The van der Waals surface area contributed by atoms with Gasteiger partial charge in [0.2, 0.25) is 0 Å². The van der Waals surface area contributed by atoms with Gasteiger partial charge < -0.3 is 4.74 Å². The SMILES string of the molecule is CCCCCCCC1C=C(C)OC1. The molecule has 0 saturated heterocycles. The molecule has 0 aliphatic carbocycles. The van der Waals surface area contributed by atoms with Crippen molar-refractivity contribution >= 4 is 0 Å². The molecule has 1 heterocycles. The maximum atomic E-state index is 5.40. The fourth-order valence-electron chi connectivity index (χ4n) is 1.84. The van der Waals surface area contributed by atoms with E-state index >= 15 is 0 Å². The first-order chi connectivity index (χ1) is 6.33. The van der Waals surface area contributed by atoms with Gasteiger partial charge >= 0.3 is 0 Å². The molecule has 0 radical (unpaired) electrons. The van der Waals surface area contributed by atoms with Gasteiger partial charge in [-0.25, -0.2) is 0 Å². The Kier molecular flexibility index (Phi) is 4.95. The maximum absolute atomic E-state index is 5.40. The van der Waals surface area contributed by atoms with Crippen LogP contribution in [0.15, 0.2) is 11.8 Å². The van der Waals surface area contributed by atoms with E-state index in [2.05, 4.69) is 19.9 Å². The largest absolute Gasteiger partial charge is 0.498 e. The summed E-state index contributed by atoms with van der Waals surface area (Å²) in [5, 5.41) is 0. The molecule has 0 aromatic rings. The Labute approximate surface area is 82.2 Å². The summed E-state index contributed by atoms with van der Waals surface area (Å²) in [4.78, 5) is 0. The average Bonchev–Trinajstić information content (AvgIpc) is 2.51. The molecule has 0 aromatic carbocycles. The van der Waals surface area contributed by atoms with Gasteiger partial charge in [0.25, 0.3) is 0 Å². The summed E-state index contributed by atoms with van der Waals surface area (Å²) in [6.45, 7) is 5.24. The van der Waals surface area contributed by atoms with Crippen LogP contribution >= 0.6 is 0 Å². The summed E-state index contributed by atoms with van der Waals surface area (Å²) in [5.41, 5.74) is 0. The standard InChI is InChI=1S/C12H22O/c1-3-4-5-6-7-8-12-9-11(2)13-10-12/h9,12H,3-8,10H2,1-2H3. The molecule has 1 atom stereocenters. The van der Waals surface area contributed by atoms with E-state index in [1.807, 2.05) is 0 Å². The fraction of sp³-hybridized carbons (Fsp3) is 0.833. The van der Waals surface area contributed by atoms with Gasteiger partial charge in [0.1, 0.15) is 0 Å². The lowest BCUT2D eigenvalue weighted by atomic mass is 10.0. The second-order valence-electron chi connectivity index (χ2n) is 4.05. The van der Waals surface area contributed by atoms with Gasteiger partial charge in [-0.05, 0) is 19.4 Å². The lowest BCUT2D eigenvalue weighted by molar-refractivity contribution is 0.215. The van der Waals surface area contributed by atoms with Crippen LogP contribution in [0.1, 0.15) is 52.4 Å². The van der Waals surface area contributed by atoms with Gasteiger partial charge in [-0.15, -0.1) is 0 Å². The molecule has 1 aliphatic rings. The zero-order valence-corrected chi connectivity index (χ0v) is 9.01. The Bertz CT molecular complexity index is 161. The van der Waals surface area contributed by atoms with Crippen LogP contribution in [0.5, 0.6) is 0 Å². The monoisotopic (exact) mass is 182 g/mol. The van der Waals surface area contributed by atoms with Crippen LogP contribution in [0, 0.1) is 5.92 Å². The molecule has 1 nitrogen and oxygen atoms in total. The van der Waals surface area contributed by atoms with Gasteiger partial charge in [-0.1, -0.05) is 39.0 Å².